The zero-order valence-corrected chi connectivity index (χ0v) is 10.6. The maximum atomic E-state index is 9.96. The number of pyridine rings is 1. The third-order valence-electron chi connectivity index (χ3n) is 2.76. The molecule has 0 radical (unpaired) electrons. The molecule has 18 heavy (non-hydrogen) atoms. The highest BCUT2D eigenvalue weighted by atomic mass is 16.4. The predicted octanol–water partition coefficient (Wildman–Crippen LogP) is 2.91. The second-order valence-electron chi connectivity index (χ2n) is 4.53. The molecule has 0 amide bonds. The van der Waals surface area contributed by atoms with Gasteiger partial charge in [0.1, 0.15) is 17.7 Å². The number of anilines is 1. The molecule has 2 N–H and O–H groups in total. The van der Waals surface area contributed by atoms with Crippen molar-refractivity contribution < 1.29 is 9.52 Å². The summed E-state index contributed by atoms with van der Waals surface area (Å²) in [6, 6.07) is 7.60. The summed E-state index contributed by atoms with van der Waals surface area (Å²) in [7, 11) is 0. The van der Waals surface area contributed by atoms with E-state index in [1.54, 1.807) is 24.6 Å². The zero-order chi connectivity index (χ0) is 13.0. The second kappa shape index (κ2) is 5.69. The molecule has 0 aliphatic rings. The number of furan rings is 1. The van der Waals surface area contributed by atoms with Gasteiger partial charge in [0.25, 0.3) is 0 Å². The highest BCUT2D eigenvalue weighted by Crippen LogP contribution is 2.20. The SMILES string of the molecule is Cc1ccnc(N[C@@H](C)C[C@@H](O)c2ccco2)c1. The van der Waals surface area contributed by atoms with Crippen molar-refractivity contribution in [1.29, 1.82) is 0 Å². The van der Waals surface area contributed by atoms with Gasteiger partial charge in [-0.1, -0.05) is 0 Å². The smallest absolute Gasteiger partial charge is 0.132 e. The second-order valence-corrected chi connectivity index (χ2v) is 4.53. The minimum Gasteiger partial charge on any atom is -0.467 e. The van der Waals surface area contributed by atoms with Crippen molar-refractivity contribution in [3.63, 3.8) is 0 Å². The van der Waals surface area contributed by atoms with E-state index in [-0.39, 0.29) is 6.04 Å². The highest BCUT2D eigenvalue weighted by molar-refractivity contribution is 5.37. The lowest BCUT2D eigenvalue weighted by Gasteiger charge is -2.17. The van der Waals surface area contributed by atoms with Crippen LogP contribution >= 0.6 is 0 Å². The number of rotatable bonds is 5. The van der Waals surface area contributed by atoms with Gasteiger partial charge in [0.2, 0.25) is 0 Å². The molecule has 0 saturated carbocycles. The summed E-state index contributed by atoms with van der Waals surface area (Å²) in [6.07, 6.45) is 3.32. The number of aromatic nitrogens is 1. The summed E-state index contributed by atoms with van der Waals surface area (Å²) < 4.78 is 5.17. The van der Waals surface area contributed by atoms with E-state index in [4.69, 9.17) is 4.42 Å². The highest BCUT2D eigenvalue weighted by Gasteiger charge is 2.14. The molecular weight excluding hydrogens is 228 g/mol. The molecule has 4 heteroatoms. The van der Waals surface area contributed by atoms with Crippen LogP contribution in [0.3, 0.4) is 0 Å². The van der Waals surface area contributed by atoms with Gasteiger partial charge >= 0.3 is 0 Å². The average molecular weight is 246 g/mol. The summed E-state index contributed by atoms with van der Waals surface area (Å²) in [5.74, 6) is 1.43. The lowest BCUT2D eigenvalue weighted by Crippen LogP contribution is -2.19. The predicted molar refractivity (Wildman–Crippen MR) is 70.3 cm³/mol. The molecule has 0 aliphatic heterocycles. The van der Waals surface area contributed by atoms with Crippen LogP contribution in [0.5, 0.6) is 0 Å². The normalized spacial score (nSPS) is 14.2. The Bertz CT molecular complexity index is 482. The van der Waals surface area contributed by atoms with Gasteiger partial charge in [0, 0.05) is 18.7 Å². The molecular formula is C14H18N2O2. The molecule has 0 aromatic carbocycles. The summed E-state index contributed by atoms with van der Waals surface area (Å²) in [4.78, 5) is 4.23. The van der Waals surface area contributed by atoms with Crippen LogP contribution in [-0.4, -0.2) is 16.1 Å². The van der Waals surface area contributed by atoms with Gasteiger partial charge in [-0.25, -0.2) is 4.98 Å². The van der Waals surface area contributed by atoms with Crippen molar-refractivity contribution in [3.05, 3.63) is 48.0 Å². The van der Waals surface area contributed by atoms with Crippen LogP contribution in [-0.2, 0) is 0 Å². The Labute approximate surface area is 107 Å². The number of aliphatic hydroxyl groups excluding tert-OH is 1. The number of aryl methyl sites for hydroxylation is 1. The van der Waals surface area contributed by atoms with Crippen molar-refractivity contribution in [1.82, 2.24) is 4.98 Å². The molecule has 2 atom stereocenters. The quantitative estimate of drug-likeness (QED) is 0.851. The molecule has 0 bridgehead atoms. The maximum absolute atomic E-state index is 9.96. The van der Waals surface area contributed by atoms with Crippen LogP contribution < -0.4 is 5.32 Å². The minimum absolute atomic E-state index is 0.111. The molecule has 0 fully saturated rings. The Morgan fingerprint density at radius 2 is 2.28 bits per heavy atom. The van der Waals surface area contributed by atoms with Gasteiger partial charge < -0.3 is 14.8 Å². The monoisotopic (exact) mass is 246 g/mol. The van der Waals surface area contributed by atoms with Crippen LogP contribution in [0.2, 0.25) is 0 Å². The van der Waals surface area contributed by atoms with E-state index in [1.807, 2.05) is 26.0 Å². The Morgan fingerprint density at radius 3 is 2.94 bits per heavy atom. The van der Waals surface area contributed by atoms with Crippen LogP contribution in [0.25, 0.3) is 0 Å². The molecule has 96 valence electrons. The summed E-state index contributed by atoms with van der Waals surface area (Å²) in [5, 5.41) is 13.2. The first-order chi connectivity index (χ1) is 8.65. The van der Waals surface area contributed by atoms with E-state index >= 15 is 0 Å². The molecule has 4 nitrogen and oxygen atoms in total. The van der Waals surface area contributed by atoms with Crippen molar-refractivity contribution in [2.75, 3.05) is 5.32 Å². The maximum Gasteiger partial charge on any atom is 0.132 e. The van der Waals surface area contributed by atoms with Gasteiger partial charge in [0.15, 0.2) is 0 Å². The van der Waals surface area contributed by atoms with E-state index < -0.39 is 6.10 Å². The lowest BCUT2D eigenvalue weighted by molar-refractivity contribution is 0.136. The van der Waals surface area contributed by atoms with E-state index in [1.165, 1.54) is 0 Å². The fourth-order valence-electron chi connectivity index (χ4n) is 1.86. The van der Waals surface area contributed by atoms with Gasteiger partial charge in [-0.05, 0) is 43.7 Å². The van der Waals surface area contributed by atoms with Crippen molar-refractivity contribution in [2.24, 2.45) is 0 Å². The van der Waals surface area contributed by atoms with Crippen LogP contribution in [0.15, 0.2) is 41.1 Å². The Balaban J connectivity index is 1.91. The van der Waals surface area contributed by atoms with E-state index in [0.29, 0.717) is 12.2 Å². The van der Waals surface area contributed by atoms with Crippen molar-refractivity contribution in [3.8, 4) is 0 Å². The number of nitrogens with one attached hydrogen (secondary N) is 1. The van der Waals surface area contributed by atoms with Crippen LogP contribution in [0, 0.1) is 6.92 Å². The molecule has 0 aliphatic carbocycles. The Morgan fingerprint density at radius 1 is 1.44 bits per heavy atom. The standard InChI is InChI=1S/C14H18N2O2/c1-10-5-6-15-14(8-10)16-11(2)9-12(17)13-4-3-7-18-13/h3-8,11-12,17H,9H2,1-2H3,(H,15,16)/t11-,12+/m0/s1. The molecule has 0 unspecified atom stereocenters. The molecule has 2 aromatic rings. The van der Waals surface area contributed by atoms with Gasteiger partial charge in [-0.2, -0.15) is 0 Å². The first-order valence-corrected chi connectivity index (χ1v) is 6.06. The molecule has 2 heterocycles. The first kappa shape index (κ1) is 12.6. The van der Waals surface area contributed by atoms with Crippen molar-refractivity contribution in [2.45, 2.75) is 32.4 Å². The fraction of sp³-hybridized carbons (Fsp3) is 0.357. The molecule has 0 saturated heterocycles. The number of hydrogen-bond donors (Lipinski definition) is 2. The number of hydrogen-bond acceptors (Lipinski definition) is 4. The van der Waals surface area contributed by atoms with E-state index in [0.717, 1.165) is 11.4 Å². The summed E-state index contributed by atoms with van der Waals surface area (Å²) in [6.45, 7) is 4.03. The van der Waals surface area contributed by atoms with Crippen LogP contribution in [0.1, 0.15) is 30.8 Å². The number of aliphatic hydroxyl groups is 1. The lowest BCUT2D eigenvalue weighted by atomic mass is 10.1. The third-order valence-corrected chi connectivity index (χ3v) is 2.76. The average Bonchev–Trinajstić information content (AvgIpc) is 2.81. The first-order valence-electron chi connectivity index (χ1n) is 6.06. The van der Waals surface area contributed by atoms with E-state index in [9.17, 15) is 5.11 Å². The van der Waals surface area contributed by atoms with E-state index in [2.05, 4.69) is 10.3 Å². The van der Waals surface area contributed by atoms with Gasteiger partial charge in [-0.3, -0.25) is 0 Å². The Hall–Kier alpha value is -1.81. The topological polar surface area (TPSA) is 58.3 Å². The van der Waals surface area contributed by atoms with Gasteiger partial charge in [-0.15, -0.1) is 0 Å². The third kappa shape index (κ3) is 3.34. The summed E-state index contributed by atoms with van der Waals surface area (Å²) >= 11 is 0. The zero-order valence-electron chi connectivity index (χ0n) is 10.6. The van der Waals surface area contributed by atoms with Gasteiger partial charge in [0.05, 0.1) is 6.26 Å². The largest absolute Gasteiger partial charge is 0.467 e. The van der Waals surface area contributed by atoms with Crippen LogP contribution in [0.4, 0.5) is 5.82 Å². The number of nitrogens with zero attached hydrogens (tertiary/aromatic N) is 1. The molecule has 2 aromatic heterocycles. The summed E-state index contributed by atoms with van der Waals surface area (Å²) in [5.41, 5.74) is 1.16. The Kier molecular flexibility index (Phi) is 3.99. The fourth-order valence-corrected chi connectivity index (χ4v) is 1.86. The molecule has 0 spiro atoms. The molecule has 2 rings (SSSR count). The minimum atomic E-state index is -0.590. The van der Waals surface area contributed by atoms with Crippen molar-refractivity contribution >= 4 is 5.82 Å².